The van der Waals surface area contributed by atoms with Gasteiger partial charge in [-0.2, -0.15) is 17.5 Å². The zero-order valence-electron chi connectivity index (χ0n) is 12.4. The molecule has 0 bridgehead atoms. The second kappa shape index (κ2) is 7.67. The predicted octanol–water partition coefficient (Wildman–Crippen LogP) is 4.47. The lowest BCUT2D eigenvalue weighted by Crippen LogP contribution is -2.41. The first kappa shape index (κ1) is 19.0. The summed E-state index contributed by atoms with van der Waals surface area (Å²) in [6.45, 7) is -0.682. The Morgan fingerprint density at radius 3 is 1.96 bits per heavy atom. The Kier molecular flexibility index (Phi) is 6.06. The minimum atomic E-state index is -5.44. The van der Waals surface area contributed by atoms with E-state index in [2.05, 4.69) is 15.9 Å². The van der Waals surface area contributed by atoms with Crippen LogP contribution in [0.4, 0.5) is 13.2 Å². The Morgan fingerprint density at radius 2 is 1.46 bits per heavy atom. The van der Waals surface area contributed by atoms with Crippen LogP contribution in [0.5, 0.6) is 0 Å². The van der Waals surface area contributed by atoms with Gasteiger partial charge >= 0.3 is 15.5 Å². The lowest BCUT2D eigenvalue weighted by atomic mass is 10.1. The van der Waals surface area contributed by atoms with Gasteiger partial charge in [-0.25, -0.2) is 8.42 Å². The van der Waals surface area contributed by atoms with E-state index in [-0.39, 0.29) is 13.1 Å². The fraction of sp³-hybridized carbons (Fsp3) is 0.250. The van der Waals surface area contributed by atoms with Crippen LogP contribution in [-0.2, 0) is 16.6 Å². The van der Waals surface area contributed by atoms with Crippen LogP contribution < -0.4 is 0 Å². The molecule has 1 atom stereocenters. The van der Waals surface area contributed by atoms with Crippen molar-refractivity contribution >= 4 is 26.0 Å². The molecule has 0 aliphatic carbocycles. The fourth-order valence-electron chi connectivity index (χ4n) is 2.13. The molecule has 2 aromatic carbocycles. The molecular formula is C16H15BrF3NO2S. The van der Waals surface area contributed by atoms with E-state index in [9.17, 15) is 21.6 Å². The summed E-state index contributed by atoms with van der Waals surface area (Å²) in [5, 5.41) is 0. The summed E-state index contributed by atoms with van der Waals surface area (Å²) in [5.74, 6) is 0. The molecule has 0 radical (unpaired) electrons. The lowest BCUT2D eigenvalue weighted by Gasteiger charge is -2.25. The van der Waals surface area contributed by atoms with Gasteiger partial charge in [-0.05, 0) is 11.1 Å². The molecule has 0 heterocycles. The highest BCUT2D eigenvalue weighted by Crippen LogP contribution is 2.32. The molecule has 8 heteroatoms. The Labute approximate surface area is 147 Å². The third-order valence-corrected chi connectivity index (χ3v) is 5.72. The van der Waals surface area contributed by atoms with Crippen molar-refractivity contribution in [3.05, 3.63) is 71.8 Å². The van der Waals surface area contributed by atoms with Crippen molar-refractivity contribution in [3.8, 4) is 0 Å². The summed E-state index contributed by atoms with van der Waals surface area (Å²) in [6, 6.07) is 16.9. The number of halogens is 4. The second-order valence-corrected chi connectivity index (χ2v) is 8.14. The molecule has 0 aliphatic rings. The van der Waals surface area contributed by atoms with Crippen molar-refractivity contribution in [3.63, 3.8) is 0 Å². The van der Waals surface area contributed by atoms with Crippen LogP contribution in [0, 0.1) is 0 Å². The number of benzene rings is 2. The normalized spacial score (nSPS) is 13.9. The van der Waals surface area contributed by atoms with E-state index in [1.165, 1.54) is 0 Å². The SMILES string of the molecule is O=S(=O)(N(Cc1ccccc1)CC(Br)c1ccccc1)C(F)(F)F. The molecule has 2 aromatic rings. The van der Waals surface area contributed by atoms with Crippen molar-refractivity contribution in [1.29, 1.82) is 0 Å². The molecule has 1 unspecified atom stereocenters. The van der Waals surface area contributed by atoms with Crippen molar-refractivity contribution in [2.24, 2.45) is 0 Å². The molecule has 0 saturated carbocycles. The molecule has 0 saturated heterocycles. The van der Waals surface area contributed by atoms with Crippen LogP contribution in [0.25, 0.3) is 0 Å². The van der Waals surface area contributed by atoms with Gasteiger partial charge in [0.2, 0.25) is 0 Å². The molecular weight excluding hydrogens is 407 g/mol. The monoisotopic (exact) mass is 421 g/mol. The van der Waals surface area contributed by atoms with Crippen molar-refractivity contribution < 1.29 is 21.6 Å². The molecule has 0 amide bonds. The van der Waals surface area contributed by atoms with Crippen LogP contribution in [0.2, 0.25) is 0 Å². The van der Waals surface area contributed by atoms with E-state index >= 15 is 0 Å². The average Bonchev–Trinajstić information content (AvgIpc) is 2.55. The van der Waals surface area contributed by atoms with Crippen molar-refractivity contribution in [2.45, 2.75) is 16.9 Å². The molecule has 3 nitrogen and oxygen atoms in total. The maximum atomic E-state index is 13.0. The summed E-state index contributed by atoms with van der Waals surface area (Å²) in [5.41, 5.74) is -4.16. The fourth-order valence-corrected chi connectivity index (χ4v) is 3.93. The maximum Gasteiger partial charge on any atom is 0.511 e. The van der Waals surface area contributed by atoms with E-state index in [0.717, 1.165) is 0 Å². The van der Waals surface area contributed by atoms with E-state index in [4.69, 9.17) is 0 Å². The molecule has 0 aromatic heterocycles. The summed E-state index contributed by atoms with van der Waals surface area (Å²) < 4.78 is 63.2. The Balaban J connectivity index is 2.29. The van der Waals surface area contributed by atoms with Crippen LogP contribution in [-0.4, -0.2) is 24.8 Å². The summed E-state index contributed by atoms with van der Waals surface area (Å²) in [4.78, 5) is -0.556. The van der Waals surface area contributed by atoms with E-state index < -0.39 is 20.4 Å². The number of hydrogen-bond acceptors (Lipinski definition) is 2. The first-order valence-electron chi connectivity index (χ1n) is 7.01. The van der Waals surface area contributed by atoms with Crippen LogP contribution in [0.15, 0.2) is 60.7 Å². The first-order valence-corrected chi connectivity index (χ1v) is 9.37. The Bertz CT molecular complexity index is 752. The Hall–Kier alpha value is -1.38. The summed E-state index contributed by atoms with van der Waals surface area (Å²) in [6.07, 6.45) is 0. The van der Waals surface area contributed by atoms with Gasteiger partial charge in [0.05, 0.1) is 4.83 Å². The molecule has 0 N–H and O–H groups in total. The lowest BCUT2D eigenvalue weighted by molar-refractivity contribution is -0.0491. The zero-order valence-corrected chi connectivity index (χ0v) is 14.9. The highest BCUT2D eigenvalue weighted by Gasteiger charge is 2.50. The summed E-state index contributed by atoms with van der Waals surface area (Å²) in [7, 11) is -5.44. The molecule has 0 fully saturated rings. The molecule has 130 valence electrons. The van der Waals surface area contributed by atoms with Gasteiger partial charge in [-0.15, -0.1) is 0 Å². The van der Waals surface area contributed by atoms with Gasteiger partial charge < -0.3 is 0 Å². The standard InChI is InChI=1S/C16H15BrF3NO2S/c17-15(14-9-5-2-6-10-14)12-21(24(22,23)16(18,19)20)11-13-7-3-1-4-8-13/h1-10,15H,11-12H2. The number of rotatable bonds is 6. The number of nitrogens with zero attached hydrogens (tertiary/aromatic N) is 1. The van der Waals surface area contributed by atoms with Gasteiger partial charge in [0, 0.05) is 13.1 Å². The highest BCUT2D eigenvalue weighted by molar-refractivity contribution is 9.09. The number of sulfonamides is 1. The van der Waals surface area contributed by atoms with Gasteiger partial charge in [-0.1, -0.05) is 76.6 Å². The van der Waals surface area contributed by atoms with E-state index in [1.54, 1.807) is 60.7 Å². The first-order chi connectivity index (χ1) is 11.2. The van der Waals surface area contributed by atoms with Crippen LogP contribution >= 0.6 is 15.9 Å². The van der Waals surface area contributed by atoms with Crippen molar-refractivity contribution in [2.75, 3.05) is 6.54 Å². The maximum absolute atomic E-state index is 13.0. The number of hydrogen-bond donors (Lipinski definition) is 0. The topological polar surface area (TPSA) is 37.4 Å². The molecule has 2 rings (SSSR count). The van der Waals surface area contributed by atoms with Gasteiger partial charge in [-0.3, -0.25) is 0 Å². The van der Waals surface area contributed by atoms with E-state index in [1.807, 2.05) is 0 Å². The highest BCUT2D eigenvalue weighted by atomic mass is 79.9. The van der Waals surface area contributed by atoms with Crippen LogP contribution in [0.3, 0.4) is 0 Å². The summed E-state index contributed by atoms with van der Waals surface area (Å²) >= 11 is 3.29. The minimum absolute atomic E-state index is 0.333. The largest absolute Gasteiger partial charge is 0.511 e. The van der Waals surface area contributed by atoms with Crippen molar-refractivity contribution in [1.82, 2.24) is 4.31 Å². The Morgan fingerprint density at radius 1 is 0.958 bits per heavy atom. The van der Waals surface area contributed by atoms with Gasteiger partial charge in [0.25, 0.3) is 0 Å². The third kappa shape index (κ3) is 4.58. The minimum Gasteiger partial charge on any atom is -0.203 e. The second-order valence-electron chi connectivity index (χ2n) is 5.11. The average molecular weight is 422 g/mol. The predicted molar refractivity (Wildman–Crippen MR) is 89.9 cm³/mol. The molecule has 24 heavy (non-hydrogen) atoms. The number of alkyl halides is 4. The van der Waals surface area contributed by atoms with Gasteiger partial charge in [0.1, 0.15) is 0 Å². The van der Waals surface area contributed by atoms with Gasteiger partial charge in [0.15, 0.2) is 0 Å². The zero-order chi connectivity index (χ0) is 17.8. The quantitative estimate of drug-likeness (QED) is 0.645. The molecule has 0 spiro atoms. The smallest absolute Gasteiger partial charge is 0.203 e. The van der Waals surface area contributed by atoms with E-state index in [0.29, 0.717) is 15.4 Å². The third-order valence-electron chi connectivity index (χ3n) is 3.36. The van der Waals surface area contributed by atoms with Crippen LogP contribution in [0.1, 0.15) is 16.0 Å². The molecule has 0 aliphatic heterocycles.